The van der Waals surface area contributed by atoms with Crippen LogP contribution in [0.3, 0.4) is 0 Å². The molecule has 1 rings (SSSR count). The maximum atomic E-state index is 4.14. The summed E-state index contributed by atoms with van der Waals surface area (Å²) in [6, 6.07) is 0.613. The highest BCUT2D eigenvalue weighted by Crippen LogP contribution is 1.99. The van der Waals surface area contributed by atoms with E-state index in [1.807, 2.05) is 24.1 Å². The third kappa shape index (κ3) is 4.01. The maximum absolute atomic E-state index is 4.14. The summed E-state index contributed by atoms with van der Waals surface area (Å²) in [5, 5.41) is 7.59. The molecule has 4 heteroatoms. The van der Waals surface area contributed by atoms with E-state index in [0.29, 0.717) is 6.04 Å². The molecule has 0 spiro atoms. The monoisotopic (exact) mass is 210 g/mol. The molecule has 1 N–H and O–H groups in total. The highest BCUT2D eigenvalue weighted by molar-refractivity contribution is 5.02. The highest BCUT2D eigenvalue weighted by atomic mass is 15.2. The van der Waals surface area contributed by atoms with Gasteiger partial charge < -0.3 is 10.2 Å². The van der Waals surface area contributed by atoms with Crippen LogP contribution in [0.15, 0.2) is 12.4 Å². The van der Waals surface area contributed by atoms with E-state index in [9.17, 15) is 0 Å². The van der Waals surface area contributed by atoms with Crippen molar-refractivity contribution < 1.29 is 0 Å². The average molecular weight is 210 g/mol. The van der Waals surface area contributed by atoms with Crippen molar-refractivity contribution in [2.24, 2.45) is 7.05 Å². The van der Waals surface area contributed by atoms with Gasteiger partial charge in [-0.15, -0.1) is 0 Å². The SMILES string of the molecule is CCC(CNCc1cnn(C)c1)N(C)C. The van der Waals surface area contributed by atoms with Crippen LogP contribution in [0.2, 0.25) is 0 Å². The van der Waals surface area contributed by atoms with Crippen LogP contribution in [0.4, 0.5) is 0 Å². The molecular weight excluding hydrogens is 188 g/mol. The number of nitrogens with zero attached hydrogens (tertiary/aromatic N) is 3. The molecule has 0 aliphatic rings. The molecule has 4 nitrogen and oxygen atoms in total. The topological polar surface area (TPSA) is 33.1 Å². The molecule has 0 aliphatic carbocycles. The van der Waals surface area contributed by atoms with E-state index in [2.05, 4.69) is 36.3 Å². The summed E-state index contributed by atoms with van der Waals surface area (Å²) in [7, 11) is 6.19. The zero-order chi connectivity index (χ0) is 11.3. The van der Waals surface area contributed by atoms with Crippen LogP contribution in [0, 0.1) is 0 Å². The number of rotatable bonds is 6. The Bertz CT molecular complexity index is 280. The quantitative estimate of drug-likeness (QED) is 0.755. The van der Waals surface area contributed by atoms with Gasteiger partial charge in [0.05, 0.1) is 6.20 Å². The van der Waals surface area contributed by atoms with Gasteiger partial charge in [-0.1, -0.05) is 6.92 Å². The zero-order valence-corrected chi connectivity index (χ0v) is 10.2. The number of aryl methyl sites for hydroxylation is 1. The van der Waals surface area contributed by atoms with Gasteiger partial charge in [0, 0.05) is 37.9 Å². The van der Waals surface area contributed by atoms with E-state index in [-0.39, 0.29) is 0 Å². The van der Waals surface area contributed by atoms with Crippen molar-refractivity contribution in [3.05, 3.63) is 18.0 Å². The molecular formula is C11H22N4. The molecule has 0 amide bonds. The maximum Gasteiger partial charge on any atom is 0.0534 e. The fraction of sp³-hybridized carbons (Fsp3) is 0.727. The smallest absolute Gasteiger partial charge is 0.0534 e. The van der Waals surface area contributed by atoms with Gasteiger partial charge in [0.1, 0.15) is 0 Å². The Labute approximate surface area is 92.3 Å². The summed E-state index contributed by atoms with van der Waals surface area (Å²) in [4.78, 5) is 2.26. The summed E-state index contributed by atoms with van der Waals surface area (Å²) < 4.78 is 1.83. The van der Waals surface area contributed by atoms with Gasteiger partial charge in [-0.2, -0.15) is 5.10 Å². The number of hydrogen-bond donors (Lipinski definition) is 1. The molecule has 0 saturated heterocycles. The van der Waals surface area contributed by atoms with Gasteiger partial charge in [0.2, 0.25) is 0 Å². The molecule has 1 aromatic heterocycles. The number of likely N-dealkylation sites (N-methyl/N-ethyl adjacent to an activating group) is 1. The van der Waals surface area contributed by atoms with E-state index in [4.69, 9.17) is 0 Å². The van der Waals surface area contributed by atoms with E-state index in [1.165, 1.54) is 12.0 Å². The molecule has 0 saturated carbocycles. The summed E-state index contributed by atoms with van der Waals surface area (Å²) in [6.07, 6.45) is 5.13. The molecule has 0 aliphatic heterocycles. The van der Waals surface area contributed by atoms with Crippen molar-refractivity contribution in [2.75, 3.05) is 20.6 Å². The molecule has 0 fully saturated rings. The molecule has 0 radical (unpaired) electrons. The summed E-state index contributed by atoms with van der Waals surface area (Å²) in [5.74, 6) is 0. The molecule has 1 aromatic rings. The third-order valence-electron chi connectivity index (χ3n) is 2.67. The van der Waals surface area contributed by atoms with E-state index in [1.54, 1.807) is 0 Å². The number of nitrogens with one attached hydrogen (secondary N) is 1. The molecule has 0 aromatic carbocycles. The van der Waals surface area contributed by atoms with Crippen LogP contribution < -0.4 is 5.32 Å². The number of aromatic nitrogens is 2. The Morgan fingerprint density at radius 2 is 2.27 bits per heavy atom. The van der Waals surface area contributed by atoms with Gasteiger partial charge in [0.25, 0.3) is 0 Å². The second kappa shape index (κ2) is 5.88. The lowest BCUT2D eigenvalue weighted by atomic mass is 10.2. The van der Waals surface area contributed by atoms with Crippen molar-refractivity contribution in [1.82, 2.24) is 20.0 Å². The lowest BCUT2D eigenvalue weighted by molar-refractivity contribution is 0.276. The van der Waals surface area contributed by atoms with Gasteiger partial charge in [-0.25, -0.2) is 0 Å². The molecule has 15 heavy (non-hydrogen) atoms. The van der Waals surface area contributed by atoms with Gasteiger partial charge >= 0.3 is 0 Å². The minimum atomic E-state index is 0.613. The molecule has 1 atom stereocenters. The Morgan fingerprint density at radius 3 is 2.73 bits per heavy atom. The first-order valence-corrected chi connectivity index (χ1v) is 5.48. The van der Waals surface area contributed by atoms with Crippen molar-refractivity contribution in [3.63, 3.8) is 0 Å². The second-order valence-corrected chi connectivity index (χ2v) is 4.18. The highest BCUT2D eigenvalue weighted by Gasteiger charge is 2.07. The first-order chi connectivity index (χ1) is 7.13. The van der Waals surface area contributed by atoms with Crippen LogP contribution in [-0.2, 0) is 13.6 Å². The van der Waals surface area contributed by atoms with E-state index in [0.717, 1.165) is 13.1 Å². The summed E-state index contributed by atoms with van der Waals surface area (Å²) in [6.45, 7) is 4.15. The first-order valence-electron chi connectivity index (χ1n) is 5.48. The zero-order valence-electron chi connectivity index (χ0n) is 10.2. The summed E-state index contributed by atoms with van der Waals surface area (Å²) >= 11 is 0. The lowest BCUT2D eigenvalue weighted by Crippen LogP contribution is -2.37. The second-order valence-electron chi connectivity index (χ2n) is 4.18. The largest absolute Gasteiger partial charge is 0.311 e. The fourth-order valence-electron chi connectivity index (χ4n) is 1.64. The first kappa shape index (κ1) is 12.2. The predicted octanol–water partition coefficient (Wildman–Crippen LogP) is 0.850. The normalized spacial score (nSPS) is 13.4. The van der Waals surface area contributed by atoms with Crippen molar-refractivity contribution in [1.29, 1.82) is 0 Å². The summed E-state index contributed by atoms with van der Waals surface area (Å²) in [5.41, 5.74) is 1.24. The minimum Gasteiger partial charge on any atom is -0.311 e. The molecule has 1 unspecified atom stereocenters. The van der Waals surface area contributed by atoms with E-state index >= 15 is 0 Å². The van der Waals surface area contributed by atoms with Crippen LogP contribution in [0.25, 0.3) is 0 Å². The van der Waals surface area contributed by atoms with Crippen molar-refractivity contribution >= 4 is 0 Å². The van der Waals surface area contributed by atoms with Gasteiger partial charge in [-0.3, -0.25) is 4.68 Å². The van der Waals surface area contributed by atoms with Crippen LogP contribution in [0.1, 0.15) is 18.9 Å². The Kier molecular flexibility index (Phi) is 4.78. The van der Waals surface area contributed by atoms with Crippen LogP contribution in [-0.4, -0.2) is 41.4 Å². The minimum absolute atomic E-state index is 0.613. The Balaban J connectivity index is 2.26. The molecule has 1 heterocycles. The Morgan fingerprint density at radius 1 is 1.53 bits per heavy atom. The number of hydrogen-bond acceptors (Lipinski definition) is 3. The van der Waals surface area contributed by atoms with Crippen molar-refractivity contribution in [3.8, 4) is 0 Å². The van der Waals surface area contributed by atoms with Crippen LogP contribution >= 0.6 is 0 Å². The third-order valence-corrected chi connectivity index (χ3v) is 2.67. The van der Waals surface area contributed by atoms with Gasteiger partial charge in [0.15, 0.2) is 0 Å². The Hall–Kier alpha value is -0.870. The average Bonchev–Trinajstić information content (AvgIpc) is 2.58. The predicted molar refractivity (Wildman–Crippen MR) is 62.7 cm³/mol. The lowest BCUT2D eigenvalue weighted by Gasteiger charge is -2.22. The van der Waals surface area contributed by atoms with Crippen LogP contribution in [0.5, 0.6) is 0 Å². The fourth-order valence-corrected chi connectivity index (χ4v) is 1.64. The van der Waals surface area contributed by atoms with Gasteiger partial charge in [-0.05, 0) is 20.5 Å². The molecule has 86 valence electrons. The standard InChI is InChI=1S/C11H22N4/c1-5-11(14(2)3)8-12-6-10-7-13-15(4)9-10/h7,9,11-12H,5-6,8H2,1-4H3. The van der Waals surface area contributed by atoms with Crippen molar-refractivity contribution in [2.45, 2.75) is 25.9 Å². The molecule has 0 bridgehead atoms. The van der Waals surface area contributed by atoms with E-state index < -0.39 is 0 Å².